The van der Waals surface area contributed by atoms with Crippen molar-refractivity contribution in [3.8, 4) is 0 Å². The minimum Gasteiger partial charge on any atom is -0.575 e. The molecule has 0 atom stereocenters. The predicted octanol–water partition coefficient (Wildman–Crippen LogP) is 1.03. The molecule has 0 aromatic heterocycles. The minimum atomic E-state index is 0. The molecule has 2 N–H and O–H groups in total. The van der Waals surface area contributed by atoms with Gasteiger partial charge in [0.05, 0.1) is 11.4 Å². The van der Waals surface area contributed by atoms with Gasteiger partial charge in [-0.3, -0.25) is 5.01 Å². The molecule has 2 aliphatic rings. The van der Waals surface area contributed by atoms with Gasteiger partial charge in [-0.1, -0.05) is 49.1 Å². The molecule has 5 heteroatoms. The Hall–Kier alpha value is -1.30. The second-order valence-electron chi connectivity index (χ2n) is 5.12. The van der Waals surface area contributed by atoms with E-state index in [9.17, 15) is 0 Å². The van der Waals surface area contributed by atoms with Crippen LogP contribution in [0.25, 0.3) is 11.0 Å². The van der Waals surface area contributed by atoms with E-state index in [1.165, 1.54) is 0 Å². The van der Waals surface area contributed by atoms with Crippen molar-refractivity contribution in [1.82, 2.24) is 5.01 Å². The first-order valence-corrected chi connectivity index (χ1v) is 7.20. The van der Waals surface area contributed by atoms with Gasteiger partial charge in [0.2, 0.25) is 0 Å². The summed E-state index contributed by atoms with van der Waals surface area (Å²) in [4.78, 5) is 0. The Morgan fingerprint density at radius 2 is 1.83 bits per heavy atom. The van der Waals surface area contributed by atoms with Crippen LogP contribution < -0.4 is 64.0 Å². The van der Waals surface area contributed by atoms with Crippen LogP contribution >= 0.6 is 0 Å². The molecule has 4 nitrogen and oxygen atoms in total. The third-order valence-electron chi connectivity index (χ3n) is 3.55. The molecular weight excluding hydrogens is 370 g/mol. The molecule has 0 radical (unpaired) electrons. The van der Waals surface area contributed by atoms with Crippen molar-refractivity contribution < 1.29 is 58.2 Å². The van der Waals surface area contributed by atoms with E-state index in [2.05, 4.69) is 23.7 Å². The molecule has 0 saturated carbocycles. The summed E-state index contributed by atoms with van der Waals surface area (Å²) in [5.74, 6) is 6.10. The Labute approximate surface area is 191 Å². The summed E-state index contributed by atoms with van der Waals surface area (Å²) in [5, 5.41) is 5.82. The predicted molar refractivity (Wildman–Crippen MR) is 95.9 cm³/mol. The average molecular weight is 387 g/mol. The van der Waals surface area contributed by atoms with Crippen molar-refractivity contribution in [2.24, 2.45) is 10.9 Å². The molecule has 24 heavy (non-hydrogen) atoms. The van der Waals surface area contributed by atoms with Crippen molar-refractivity contribution in [2.45, 2.75) is 0 Å². The molecule has 2 heterocycles. The van der Waals surface area contributed by atoms with Crippen LogP contribution in [0.3, 0.4) is 0 Å². The number of benzene rings is 1. The van der Waals surface area contributed by atoms with E-state index in [4.69, 9.17) is 5.84 Å². The fraction of sp³-hybridized carbons (Fsp3) is 0. The number of nitrogens with two attached hydrogens (primary N) is 1. The Bertz CT molecular complexity index is 798. The molecule has 0 aliphatic carbocycles. The number of hydrogen-bond donors (Lipinski definition) is 1. The smallest absolute Gasteiger partial charge is 0.575 e. The second kappa shape index (κ2) is 8.69. The van der Waals surface area contributed by atoms with E-state index >= 15 is 0 Å². The van der Waals surface area contributed by atoms with E-state index in [0.717, 1.165) is 22.4 Å². The first-order chi connectivity index (χ1) is 11.2. The minimum absolute atomic E-state index is 0. The first kappa shape index (κ1) is 19.0. The zero-order valence-electron chi connectivity index (χ0n) is 13.7. The molecule has 3 rings (SSSR count). The van der Waals surface area contributed by atoms with Gasteiger partial charge in [0.1, 0.15) is 0 Å². The maximum atomic E-state index is 6.10. The Morgan fingerprint density at radius 1 is 1.08 bits per heavy atom. The summed E-state index contributed by atoms with van der Waals surface area (Å²) < 4.78 is 0. The van der Waals surface area contributed by atoms with Crippen molar-refractivity contribution in [2.75, 3.05) is 0 Å². The van der Waals surface area contributed by atoms with Crippen molar-refractivity contribution in [3.05, 3.63) is 108 Å². The summed E-state index contributed by atoms with van der Waals surface area (Å²) in [6.07, 6.45) is 11.2. The molecule has 0 saturated heterocycles. The molecule has 1 aromatic rings. The number of allylic oxidation sites excluding steroid dienone is 7. The van der Waals surface area contributed by atoms with Crippen LogP contribution in [-0.4, -0.2) is 10.7 Å². The van der Waals surface area contributed by atoms with Crippen LogP contribution in [-0.2, 0) is 0 Å². The topological polar surface area (TPSA) is 55.7 Å². The zero-order valence-corrected chi connectivity index (χ0v) is 18.6. The summed E-state index contributed by atoms with van der Waals surface area (Å²) in [6.45, 7) is 8.03. The summed E-state index contributed by atoms with van der Waals surface area (Å²) in [5.41, 5.74) is 8.87. The van der Waals surface area contributed by atoms with E-state index in [1.807, 2.05) is 60.7 Å². The van der Waals surface area contributed by atoms with Gasteiger partial charge < -0.3 is 10.5 Å². The number of rotatable bonds is 3. The Morgan fingerprint density at radius 3 is 2.46 bits per heavy atom. The van der Waals surface area contributed by atoms with E-state index in [0.29, 0.717) is 11.4 Å². The van der Waals surface area contributed by atoms with Crippen LogP contribution in [0.5, 0.6) is 0 Å². The largest absolute Gasteiger partial charge is 1.00 e. The monoisotopic (exact) mass is 386 g/mol. The molecule has 0 bridgehead atoms. The van der Waals surface area contributed by atoms with Crippen LogP contribution in [0, 0.1) is 0 Å². The maximum absolute atomic E-state index is 6.10. The van der Waals surface area contributed by atoms with Gasteiger partial charge in [-0.2, -0.15) is 0 Å². The quantitative estimate of drug-likeness (QED) is 0.789. The molecule has 2 aliphatic heterocycles. The SMILES string of the molecule is C=C1C=CC(/C(C(=C)c2ccccc2)=C2\C=CC=CN2N)=N[N-]1.[Rb+]. The van der Waals surface area contributed by atoms with Gasteiger partial charge in [0, 0.05) is 11.8 Å². The third kappa shape index (κ3) is 4.20. The first-order valence-electron chi connectivity index (χ1n) is 7.20. The van der Waals surface area contributed by atoms with E-state index in [-0.39, 0.29) is 58.2 Å². The molecule has 0 fully saturated rings. The van der Waals surface area contributed by atoms with Crippen molar-refractivity contribution >= 4 is 11.3 Å². The Balaban J connectivity index is 0.00000208. The zero-order chi connectivity index (χ0) is 16.2. The van der Waals surface area contributed by atoms with Crippen LogP contribution in [0.2, 0.25) is 0 Å². The summed E-state index contributed by atoms with van der Waals surface area (Å²) >= 11 is 0. The van der Waals surface area contributed by atoms with Crippen LogP contribution in [0.1, 0.15) is 5.56 Å². The van der Waals surface area contributed by atoms with Crippen LogP contribution in [0.4, 0.5) is 0 Å². The molecule has 0 spiro atoms. The van der Waals surface area contributed by atoms with Gasteiger partial charge in [-0.15, -0.1) is 12.3 Å². The fourth-order valence-corrected chi connectivity index (χ4v) is 2.39. The van der Waals surface area contributed by atoms with Gasteiger partial charge in [-0.25, -0.2) is 5.84 Å². The fourth-order valence-electron chi connectivity index (χ4n) is 2.39. The maximum Gasteiger partial charge on any atom is 1.00 e. The molecule has 0 unspecified atom stereocenters. The Kier molecular flexibility index (Phi) is 6.89. The third-order valence-corrected chi connectivity index (χ3v) is 3.55. The summed E-state index contributed by atoms with van der Waals surface area (Å²) in [6, 6.07) is 9.94. The van der Waals surface area contributed by atoms with Gasteiger partial charge in [-0.05, 0) is 29.4 Å². The number of hydrogen-bond acceptors (Lipinski definition) is 3. The number of nitrogens with zero attached hydrogens (tertiary/aromatic N) is 3. The van der Waals surface area contributed by atoms with E-state index < -0.39 is 0 Å². The molecule has 114 valence electrons. The standard InChI is InChI=1S/C19H17N4.Rb/c1-14-11-12-17(22-21-14)19(18-10-6-7-13-23(18)20)15(2)16-8-4-3-5-9-16;/h3-13H,1-2,20H2;/q-1;+1/b19-18+;. The van der Waals surface area contributed by atoms with Crippen molar-refractivity contribution in [1.29, 1.82) is 0 Å². The van der Waals surface area contributed by atoms with E-state index in [1.54, 1.807) is 11.2 Å². The van der Waals surface area contributed by atoms with Crippen LogP contribution in [0.15, 0.2) is 102 Å². The molecule has 1 aromatic carbocycles. The van der Waals surface area contributed by atoms with Gasteiger partial charge >= 0.3 is 58.2 Å². The average Bonchev–Trinajstić information content (AvgIpc) is 2.59. The van der Waals surface area contributed by atoms with Crippen molar-refractivity contribution in [3.63, 3.8) is 0 Å². The molecular formula is C19H17N4Rb. The van der Waals surface area contributed by atoms with Gasteiger partial charge in [0.25, 0.3) is 0 Å². The second-order valence-corrected chi connectivity index (χ2v) is 5.12. The normalized spacial score (nSPS) is 17.8. The summed E-state index contributed by atoms with van der Waals surface area (Å²) in [7, 11) is 0. The number of hydrazine groups is 1. The van der Waals surface area contributed by atoms with Gasteiger partial charge in [0.15, 0.2) is 0 Å². The molecule has 0 amide bonds.